The van der Waals surface area contributed by atoms with Gasteiger partial charge < -0.3 is 10.4 Å². The van der Waals surface area contributed by atoms with Crippen LogP contribution in [-0.2, 0) is 11.2 Å². The number of aromatic hydroxyl groups is 1. The molecule has 1 aliphatic rings. The molecule has 0 atom stereocenters. The van der Waals surface area contributed by atoms with Crippen LogP contribution < -0.4 is 5.32 Å². The zero-order valence-corrected chi connectivity index (χ0v) is 11.9. The molecule has 0 unspecified atom stereocenters. The Morgan fingerprint density at radius 2 is 2.05 bits per heavy atom. The third kappa shape index (κ3) is 2.68. The minimum Gasteiger partial charge on any atom is -0.508 e. The van der Waals surface area contributed by atoms with Crippen molar-refractivity contribution in [3.8, 4) is 5.75 Å². The number of hydrogen-bond acceptors (Lipinski definition) is 2. The predicted molar refractivity (Wildman–Crippen MR) is 85.0 cm³/mol. The van der Waals surface area contributed by atoms with E-state index in [1.54, 1.807) is 18.2 Å². The van der Waals surface area contributed by atoms with Gasteiger partial charge in [-0.1, -0.05) is 37.6 Å². The standard InChI is InChI=1S/C18H17NO2/c1-2-4-12-5-3-6-13(9-12)10-16-15-8-7-14(20)11-17(15)19-18(16)21/h3,5-11,20H,2,4H2,1H3,(H,19,21)/b16-10-. The van der Waals surface area contributed by atoms with Crippen LogP contribution in [0.5, 0.6) is 5.75 Å². The Bertz CT molecular complexity index is 732. The van der Waals surface area contributed by atoms with Gasteiger partial charge in [-0.3, -0.25) is 4.79 Å². The molecule has 0 aliphatic carbocycles. The highest BCUT2D eigenvalue weighted by atomic mass is 16.3. The second kappa shape index (κ2) is 5.44. The van der Waals surface area contributed by atoms with E-state index in [0.717, 1.165) is 24.0 Å². The lowest BCUT2D eigenvalue weighted by molar-refractivity contribution is -0.110. The van der Waals surface area contributed by atoms with Crippen LogP contribution >= 0.6 is 0 Å². The van der Waals surface area contributed by atoms with Crippen molar-refractivity contribution in [1.82, 2.24) is 0 Å². The molecule has 3 nitrogen and oxygen atoms in total. The number of rotatable bonds is 3. The van der Waals surface area contributed by atoms with E-state index in [4.69, 9.17) is 0 Å². The van der Waals surface area contributed by atoms with Gasteiger partial charge >= 0.3 is 0 Å². The van der Waals surface area contributed by atoms with Crippen LogP contribution in [0.4, 0.5) is 5.69 Å². The average Bonchev–Trinajstić information content (AvgIpc) is 2.75. The van der Waals surface area contributed by atoms with E-state index in [-0.39, 0.29) is 11.7 Å². The zero-order chi connectivity index (χ0) is 14.8. The Morgan fingerprint density at radius 3 is 2.86 bits per heavy atom. The van der Waals surface area contributed by atoms with Crippen LogP contribution in [0.25, 0.3) is 11.6 Å². The van der Waals surface area contributed by atoms with Gasteiger partial charge in [0, 0.05) is 17.2 Å². The number of phenols is 1. The van der Waals surface area contributed by atoms with E-state index >= 15 is 0 Å². The van der Waals surface area contributed by atoms with E-state index < -0.39 is 0 Å². The Kier molecular flexibility index (Phi) is 3.48. The maximum absolute atomic E-state index is 12.1. The molecule has 21 heavy (non-hydrogen) atoms. The molecule has 0 fully saturated rings. The highest BCUT2D eigenvalue weighted by Crippen LogP contribution is 2.35. The van der Waals surface area contributed by atoms with Crippen molar-refractivity contribution < 1.29 is 9.90 Å². The number of nitrogens with one attached hydrogen (secondary N) is 1. The fraction of sp³-hybridized carbons (Fsp3) is 0.167. The smallest absolute Gasteiger partial charge is 0.256 e. The van der Waals surface area contributed by atoms with E-state index in [2.05, 4.69) is 24.4 Å². The molecule has 0 saturated carbocycles. The number of carbonyl (C=O) groups is 1. The average molecular weight is 279 g/mol. The molecule has 0 bridgehead atoms. The summed E-state index contributed by atoms with van der Waals surface area (Å²) in [6.07, 6.45) is 4.04. The lowest BCUT2D eigenvalue weighted by atomic mass is 10.0. The quantitative estimate of drug-likeness (QED) is 0.839. The number of aryl methyl sites for hydroxylation is 1. The van der Waals surface area contributed by atoms with Gasteiger partial charge in [0.25, 0.3) is 5.91 Å². The minimum absolute atomic E-state index is 0.128. The molecule has 1 aliphatic heterocycles. The summed E-state index contributed by atoms with van der Waals surface area (Å²) in [5, 5.41) is 12.3. The first-order valence-corrected chi connectivity index (χ1v) is 7.13. The normalized spacial score (nSPS) is 15.1. The third-order valence-electron chi connectivity index (χ3n) is 3.59. The fourth-order valence-corrected chi connectivity index (χ4v) is 2.62. The van der Waals surface area contributed by atoms with Gasteiger partial charge in [-0.15, -0.1) is 0 Å². The fourth-order valence-electron chi connectivity index (χ4n) is 2.62. The number of fused-ring (bicyclic) bond motifs is 1. The van der Waals surface area contributed by atoms with Gasteiger partial charge in [-0.2, -0.15) is 0 Å². The summed E-state index contributed by atoms with van der Waals surface area (Å²) in [6, 6.07) is 13.2. The first-order chi connectivity index (χ1) is 10.2. The van der Waals surface area contributed by atoms with E-state index in [0.29, 0.717) is 11.3 Å². The molecule has 106 valence electrons. The molecule has 2 aromatic rings. The third-order valence-corrected chi connectivity index (χ3v) is 3.59. The predicted octanol–water partition coefficient (Wildman–Crippen LogP) is 3.84. The van der Waals surface area contributed by atoms with Crippen molar-refractivity contribution in [1.29, 1.82) is 0 Å². The molecule has 0 spiro atoms. The summed E-state index contributed by atoms with van der Waals surface area (Å²) in [5.74, 6) is 0.0248. The van der Waals surface area contributed by atoms with Gasteiger partial charge in [0.05, 0.1) is 5.69 Å². The topological polar surface area (TPSA) is 49.3 Å². The maximum Gasteiger partial charge on any atom is 0.256 e. The van der Waals surface area contributed by atoms with E-state index in [1.165, 1.54) is 5.56 Å². The molecule has 3 heteroatoms. The molecule has 3 rings (SSSR count). The molecule has 0 radical (unpaired) electrons. The van der Waals surface area contributed by atoms with Crippen molar-refractivity contribution in [3.63, 3.8) is 0 Å². The molecule has 0 saturated heterocycles. The molecule has 1 amide bonds. The van der Waals surface area contributed by atoms with Crippen molar-refractivity contribution in [3.05, 3.63) is 59.2 Å². The Labute approximate surface area is 123 Å². The Balaban J connectivity index is 2.00. The number of benzene rings is 2. The lowest BCUT2D eigenvalue weighted by Gasteiger charge is -2.02. The van der Waals surface area contributed by atoms with Crippen molar-refractivity contribution in [2.45, 2.75) is 19.8 Å². The van der Waals surface area contributed by atoms with E-state index in [9.17, 15) is 9.90 Å². The minimum atomic E-state index is -0.128. The van der Waals surface area contributed by atoms with Crippen LogP contribution in [0.15, 0.2) is 42.5 Å². The SMILES string of the molecule is CCCc1cccc(/C=C2\C(=O)Nc3cc(O)ccc32)c1. The molecule has 2 aromatic carbocycles. The maximum atomic E-state index is 12.1. The number of anilines is 1. The molecular formula is C18H17NO2. The Morgan fingerprint density at radius 1 is 1.19 bits per heavy atom. The van der Waals surface area contributed by atoms with Crippen LogP contribution in [0.3, 0.4) is 0 Å². The van der Waals surface area contributed by atoms with Crippen LogP contribution in [0.2, 0.25) is 0 Å². The summed E-state index contributed by atoms with van der Waals surface area (Å²) in [5.41, 5.74) is 4.43. The first kappa shape index (κ1) is 13.4. The monoisotopic (exact) mass is 279 g/mol. The molecule has 2 N–H and O–H groups in total. The summed E-state index contributed by atoms with van der Waals surface area (Å²) in [7, 11) is 0. The second-order valence-corrected chi connectivity index (χ2v) is 5.24. The number of phenolic OH excluding ortho intramolecular Hbond substituents is 1. The summed E-state index contributed by atoms with van der Waals surface area (Å²) in [6.45, 7) is 2.15. The van der Waals surface area contributed by atoms with Crippen molar-refractivity contribution in [2.75, 3.05) is 5.32 Å². The molecule has 1 heterocycles. The highest BCUT2D eigenvalue weighted by Gasteiger charge is 2.24. The summed E-state index contributed by atoms with van der Waals surface area (Å²) in [4.78, 5) is 12.1. The second-order valence-electron chi connectivity index (χ2n) is 5.24. The number of hydrogen-bond donors (Lipinski definition) is 2. The van der Waals surface area contributed by atoms with Crippen LogP contribution in [0, 0.1) is 0 Å². The highest BCUT2D eigenvalue weighted by molar-refractivity contribution is 6.35. The molecular weight excluding hydrogens is 262 g/mol. The van der Waals surface area contributed by atoms with Crippen LogP contribution in [0.1, 0.15) is 30.0 Å². The van der Waals surface area contributed by atoms with Crippen molar-refractivity contribution in [2.24, 2.45) is 0 Å². The van der Waals surface area contributed by atoms with Gasteiger partial charge in [0.1, 0.15) is 5.75 Å². The summed E-state index contributed by atoms with van der Waals surface area (Å²) < 4.78 is 0. The van der Waals surface area contributed by atoms with Gasteiger partial charge in [0.2, 0.25) is 0 Å². The summed E-state index contributed by atoms with van der Waals surface area (Å²) >= 11 is 0. The molecule has 0 aromatic heterocycles. The van der Waals surface area contributed by atoms with Gasteiger partial charge in [-0.25, -0.2) is 0 Å². The Hall–Kier alpha value is -2.55. The number of amides is 1. The van der Waals surface area contributed by atoms with Gasteiger partial charge in [0.15, 0.2) is 0 Å². The van der Waals surface area contributed by atoms with Crippen molar-refractivity contribution >= 4 is 23.2 Å². The zero-order valence-electron chi connectivity index (χ0n) is 11.9. The lowest BCUT2D eigenvalue weighted by Crippen LogP contribution is -2.03. The van der Waals surface area contributed by atoms with Gasteiger partial charge in [-0.05, 0) is 35.8 Å². The largest absolute Gasteiger partial charge is 0.508 e. The van der Waals surface area contributed by atoms with Crippen LogP contribution in [-0.4, -0.2) is 11.0 Å². The van der Waals surface area contributed by atoms with E-state index in [1.807, 2.05) is 18.2 Å². The first-order valence-electron chi connectivity index (χ1n) is 7.13. The number of carbonyl (C=O) groups excluding carboxylic acids is 1.